The molecule has 1 amide bonds. The third kappa shape index (κ3) is 4.12. The quantitative estimate of drug-likeness (QED) is 0.608. The van der Waals surface area contributed by atoms with Gasteiger partial charge in [-0.2, -0.15) is 26.3 Å². The number of aliphatic imine (C=N–C) groups is 1. The average molecular weight is 406 g/mol. The second-order valence-corrected chi connectivity index (χ2v) is 6.67. The molecule has 2 heterocycles. The lowest BCUT2D eigenvalue weighted by molar-refractivity contribution is -0.142. The highest BCUT2D eigenvalue weighted by Gasteiger charge is 2.39. The number of nitrogens with zero attached hydrogens (tertiary/aromatic N) is 3. The highest BCUT2D eigenvalue weighted by molar-refractivity contribution is 5.81. The van der Waals surface area contributed by atoms with E-state index in [1.807, 2.05) is 0 Å². The van der Waals surface area contributed by atoms with Gasteiger partial charge in [0.15, 0.2) is 0 Å². The molecule has 0 atom stereocenters. The predicted molar refractivity (Wildman–Crippen MR) is 88.9 cm³/mol. The highest BCUT2D eigenvalue weighted by Crippen LogP contribution is 2.39. The van der Waals surface area contributed by atoms with E-state index in [-0.39, 0.29) is 42.1 Å². The lowest BCUT2D eigenvalue weighted by Gasteiger charge is -2.39. The Morgan fingerprint density at radius 1 is 1.21 bits per heavy atom. The number of carbonyl (C=O) groups is 1. The van der Waals surface area contributed by atoms with Gasteiger partial charge in [0.1, 0.15) is 11.3 Å². The fourth-order valence-corrected chi connectivity index (χ4v) is 3.15. The standard InChI is InChI=1S/C17H16F6N4O/c1-24-3-2-14(28)27-7-9(8-27)4-13-25-12-6-10(16(18,19)20)5-11(15(12)26-13)17(21,22)23/h5-6,9H,1-4,7-8H2,(H,25,26). The van der Waals surface area contributed by atoms with Crippen LogP contribution in [0.25, 0.3) is 11.0 Å². The fraction of sp³-hybridized carbons (Fsp3) is 0.471. The minimum atomic E-state index is -4.97. The summed E-state index contributed by atoms with van der Waals surface area (Å²) in [5.74, 6) is 0.0322. The number of hydrogen-bond acceptors (Lipinski definition) is 3. The topological polar surface area (TPSA) is 61.4 Å². The van der Waals surface area contributed by atoms with Crippen LogP contribution < -0.4 is 0 Å². The molecule has 1 aliphatic heterocycles. The van der Waals surface area contributed by atoms with E-state index in [0.29, 0.717) is 25.7 Å². The van der Waals surface area contributed by atoms with Crippen molar-refractivity contribution in [1.82, 2.24) is 14.9 Å². The molecule has 3 rings (SSSR count). The highest BCUT2D eigenvalue weighted by atomic mass is 19.4. The Labute approximate surface area is 155 Å². The van der Waals surface area contributed by atoms with E-state index in [2.05, 4.69) is 21.7 Å². The molecule has 0 spiro atoms. The van der Waals surface area contributed by atoms with Crippen LogP contribution in [0.15, 0.2) is 17.1 Å². The van der Waals surface area contributed by atoms with Crippen LogP contribution in [0.1, 0.15) is 23.4 Å². The summed E-state index contributed by atoms with van der Waals surface area (Å²) in [6.45, 7) is 4.42. The number of likely N-dealkylation sites (tertiary alicyclic amines) is 1. The van der Waals surface area contributed by atoms with Crippen molar-refractivity contribution in [2.45, 2.75) is 25.2 Å². The maximum Gasteiger partial charge on any atom is 0.418 e. The maximum atomic E-state index is 13.2. The van der Waals surface area contributed by atoms with Gasteiger partial charge in [-0.3, -0.25) is 4.79 Å². The molecule has 0 bridgehead atoms. The third-order valence-electron chi connectivity index (χ3n) is 4.54. The van der Waals surface area contributed by atoms with Gasteiger partial charge in [-0.25, -0.2) is 4.98 Å². The lowest BCUT2D eigenvalue weighted by Crippen LogP contribution is -2.50. The van der Waals surface area contributed by atoms with E-state index in [4.69, 9.17) is 0 Å². The SMILES string of the molecule is C=NCCC(=O)N1CC(Cc2nc3c(C(F)(F)F)cc(C(F)(F)F)cc3[nH]2)C1. The third-order valence-corrected chi connectivity index (χ3v) is 4.54. The zero-order valence-electron chi connectivity index (χ0n) is 14.5. The molecule has 5 nitrogen and oxygen atoms in total. The number of fused-ring (bicyclic) bond motifs is 1. The van der Waals surface area contributed by atoms with Gasteiger partial charge in [0.25, 0.3) is 0 Å². The van der Waals surface area contributed by atoms with Crippen molar-refractivity contribution < 1.29 is 31.1 Å². The molecule has 1 N–H and O–H groups in total. The van der Waals surface area contributed by atoms with Crippen LogP contribution in [0.2, 0.25) is 0 Å². The van der Waals surface area contributed by atoms with Gasteiger partial charge in [0, 0.05) is 38.4 Å². The molecule has 152 valence electrons. The Bertz CT molecular complexity index is 895. The summed E-state index contributed by atoms with van der Waals surface area (Å²) >= 11 is 0. The summed E-state index contributed by atoms with van der Waals surface area (Å²) in [6.07, 6.45) is -9.41. The molecule has 1 aliphatic rings. The van der Waals surface area contributed by atoms with E-state index in [1.165, 1.54) is 0 Å². The average Bonchev–Trinajstić information content (AvgIpc) is 2.95. The van der Waals surface area contributed by atoms with Crippen LogP contribution in [-0.4, -0.2) is 47.1 Å². The summed E-state index contributed by atoms with van der Waals surface area (Å²) in [5.41, 5.74) is -3.68. The molecule has 2 aromatic rings. The van der Waals surface area contributed by atoms with Crippen LogP contribution >= 0.6 is 0 Å². The molecule has 0 unspecified atom stereocenters. The van der Waals surface area contributed by atoms with Gasteiger partial charge in [0.2, 0.25) is 5.91 Å². The summed E-state index contributed by atoms with van der Waals surface area (Å²) in [7, 11) is 0. The number of carbonyl (C=O) groups excluding carboxylic acids is 1. The van der Waals surface area contributed by atoms with Crippen LogP contribution in [-0.2, 0) is 23.6 Å². The Morgan fingerprint density at radius 2 is 1.89 bits per heavy atom. The minimum absolute atomic E-state index is 0.0300. The number of hydrogen-bond donors (Lipinski definition) is 1. The lowest BCUT2D eigenvalue weighted by atomic mass is 9.95. The van der Waals surface area contributed by atoms with E-state index >= 15 is 0 Å². The van der Waals surface area contributed by atoms with Crippen molar-refractivity contribution in [3.63, 3.8) is 0 Å². The van der Waals surface area contributed by atoms with Crippen LogP contribution in [0, 0.1) is 5.92 Å². The Balaban J connectivity index is 1.79. The monoisotopic (exact) mass is 406 g/mol. The zero-order valence-corrected chi connectivity index (χ0v) is 14.5. The Morgan fingerprint density at radius 3 is 2.46 bits per heavy atom. The zero-order chi connectivity index (χ0) is 20.7. The normalized spacial score (nSPS) is 15.7. The van der Waals surface area contributed by atoms with Crippen LogP contribution in [0.4, 0.5) is 26.3 Å². The summed E-state index contributed by atoms with van der Waals surface area (Å²) in [4.78, 5) is 23.4. The van der Waals surface area contributed by atoms with Gasteiger partial charge in [-0.15, -0.1) is 0 Å². The number of benzene rings is 1. The van der Waals surface area contributed by atoms with Gasteiger partial charge in [0.05, 0.1) is 16.6 Å². The molecular formula is C17H16F6N4O. The first-order valence-corrected chi connectivity index (χ1v) is 8.36. The second kappa shape index (κ2) is 7.10. The molecule has 1 aromatic heterocycles. The van der Waals surface area contributed by atoms with Crippen LogP contribution in [0.5, 0.6) is 0 Å². The molecular weight excluding hydrogens is 390 g/mol. The van der Waals surface area contributed by atoms with E-state index in [9.17, 15) is 31.1 Å². The van der Waals surface area contributed by atoms with Gasteiger partial charge >= 0.3 is 12.4 Å². The van der Waals surface area contributed by atoms with E-state index in [0.717, 1.165) is 0 Å². The van der Waals surface area contributed by atoms with Crippen molar-refractivity contribution in [1.29, 1.82) is 0 Å². The van der Waals surface area contributed by atoms with Gasteiger partial charge in [-0.05, 0) is 18.9 Å². The summed E-state index contributed by atoms with van der Waals surface area (Å²) in [6, 6.07) is 0.699. The number of imidazole rings is 1. The number of H-pyrrole nitrogens is 1. The molecule has 11 heteroatoms. The number of halogens is 6. The number of rotatable bonds is 5. The molecule has 0 aliphatic carbocycles. The van der Waals surface area contributed by atoms with Gasteiger partial charge in [-0.1, -0.05) is 0 Å². The Kier molecular flexibility index (Phi) is 5.11. The largest absolute Gasteiger partial charge is 0.418 e. The van der Waals surface area contributed by atoms with Crippen molar-refractivity contribution in [2.24, 2.45) is 10.9 Å². The van der Waals surface area contributed by atoms with Crippen molar-refractivity contribution in [3.05, 3.63) is 29.1 Å². The predicted octanol–water partition coefficient (Wildman–Crippen LogP) is 3.69. The second-order valence-electron chi connectivity index (χ2n) is 6.67. The van der Waals surface area contributed by atoms with Crippen molar-refractivity contribution >= 4 is 23.7 Å². The number of amides is 1. The van der Waals surface area contributed by atoms with Crippen LogP contribution in [0.3, 0.4) is 0 Å². The molecule has 28 heavy (non-hydrogen) atoms. The molecule has 1 fully saturated rings. The first-order chi connectivity index (χ1) is 13.0. The molecule has 1 aromatic carbocycles. The Hall–Kier alpha value is -2.59. The van der Waals surface area contributed by atoms with Crippen molar-refractivity contribution in [3.8, 4) is 0 Å². The molecule has 0 radical (unpaired) electrons. The number of alkyl halides is 6. The maximum absolute atomic E-state index is 13.2. The number of aromatic nitrogens is 2. The summed E-state index contributed by atoms with van der Waals surface area (Å²) < 4.78 is 78.4. The minimum Gasteiger partial charge on any atom is -0.342 e. The van der Waals surface area contributed by atoms with Gasteiger partial charge < -0.3 is 14.9 Å². The first kappa shape index (κ1) is 20.2. The molecule has 0 saturated carbocycles. The smallest absolute Gasteiger partial charge is 0.342 e. The molecule has 1 saturated heterocycles. The fourth-order valence-electron chi connectivity index (χ4n) is 3.15. The number of aromatic amines is 1. The van der Waals surface area contributed by atoms with E-state index in [1.54, 1.807) is 4.90 Å². The summed E-state index contributed by atoms with van der Waals surface area (Å²) in [5, 5.41) is 0. The van der Waals surface area contributed by atoms with Crippen molar-refractivity contribution in [2.75, 3.05) is 19.6 Å². The van der Waals surface area contributed by atoms with E-state index < -0.39 is 29.0 Å². The first-order valence-electron chi connectivity index (χ1n) is 8.36. The number of nitrogens with one attached hydrogen (secondary N) is 1.